The first-order valence-electron chi connectivity index (χ1n) is 4.95. The summed E-state index contributed by atoms with van der Waals surface area (Å²) in [5, 5.41) is 9.36. The second-order valence-corrected chi connectivity index (χ2v) is 4.42. The van der Waals surface area contributed by atoms with Gasteiger partial charge < -0.3 is 10.5 Å². The molecule has 3 N–H and O–H groups in total. The maximum atomic E-state index is 5.62. The van der Waals surface area contributed by atoms with Crippen molar-refractivity contribution in [3.05, 3.63) is 28.6 Å². The standard InChI is InChI=1S/C10H9N5OS/c11-10-13-8-7(4-12-15-8)9(14-10)16-5-6-2-1-3-17-6/h1-4H,5H2,(H3,11,12,13,14,15). The number of aromatic nitrogens is 4. The van der Waals surface area contributed by atoms with Gasteiger partial charge >= 0.3 is 0 Å². The molecule has 0 saturated carbocycles. The second-order valence-electron chi connectivity index (χ2n) is 3.39. The van der Waals surface area contributed by atoms with Gasteiger partial charge in [-0.15, -0.1) is 11.3 Å². The normalized spacial score (nSPS) is 10.8. The fraction of sp³-hybridized carbons (Fsp3) is 0.100. The molecule has 3 rings (SSSR count). The highest BCUT2D eigenvalue weighted by Gasteiger charge is 2.09. The van der Waals surface area contributed by atoms with Crippen LogP contribution in [0.3, 0.4) is 0 Å². The molecule has 6 nitrogen and oxygen atoms in total. The highest BCUT2D eigenvalue weighted by atomic mass is 32.1. The Balaban J connectivity index is 1.91. The average Bonchev–Trinajstić information content (AvgIpc) is 2.95. The van der Waals surface area contributed by atoms with E-state index in [9.17, 15) is 0 Å². The summed E-state index contributed by atoms with van der Waals surface area (Å²) in [6.07, 6.45) is 1.62. The third kappa shape index (κ3) is 1.92. The Bertz CT molecular complexity index is 633. The van der Waals surface area contributed by atoms with Gasteiger partial charge in [-0.25, -0.2) is 0 Å². The molecule has 86 valence electrons. The Labute approximate surface area is 100 Å². The third-order valence-electron chi connectivity index (χ3n) is 2.22. The van der Waals surface area contributed by atoms with Crippen molar-refractivity contribution in [2.75, 3.05) is 5.73 Å². The highest BCUT2D eigenvalue weighted by molar-refractivity contribution is 7.09. The number of hydrogen-bond acceptors (Lipinski definition) is 6. The molecule has 17 heavy (non-hydrogen) atoms. The Kier molecular flexibility index (Phi) is 2.37. The SMILES string of the molecule is Nc1nc(OCc2cccs2)c2cn[nH]c2n1. The summed E-state index contributed by atoms with van der Waals surface area (Å²) >= 11 is 1.63. The second kappa shape index (κ2) is 4.02. The van der Waals surface area contributed by atoms with Gasteiger partial charge in [0, 0.05) is 4.88 Å². The number of nitrogen functional groups attached to an aromatic ring is 1. The Hall–Kier alpha value is -2.15. The van der Waals surface area contributed by atoms with Crippen LogP contribution in [-0.2, 0) is 6.61 Å². The molecular formula is C10H9N5OS. The molecule has 0 fully saturated rings. The Morgan fingerprint density at radius 2 is 2.35 bits per heavy atom. The summed E-state index contributed by atoms with van der Waals surface area (Å²) in [4.78, 5) is 9.20. The summed E-state index contributed by atoms with van der Waals surface area (Å²) < 4.78 is 5.62. The van der Waals surface area contributed by atoms with Crippen molar-refractivity contribution in [2.45, 2.75) is 6.61 Å². The molecule has 0 aliphatic rings. The van der Waals surface area contributed by atoms with E-state index < -0.39 is 0 Å². The number of ether oxygens (including phenoxy) is 1. The molecule has 0 saturated heterocycles. The van der Waals surface area contributed by atoms with Gasteiger partial charge in [0.1, 0.15) is 12.0 Å². The first-order chi connectivity index (χ1) is 8.33. The number of aromatic amines is 1. The number of hydrogen-bond donors (Lipinski definition) is 2. The maximum Gasteiger partial charge on any atom is 0.229 e. The zero-order chi connectivity index (χ0) is 11.7. The van der Waals surface area contributed by atoms with Crippen LogP contribution in [-0.4, -0.2) is 20.2 Å². The number of nitrogens with one attached hydrogen (secondary N) is 1. The molecule has 0 aliphatic carbocycles. The van der Waals surface area contributed by atoms with E-state index in [1.165, 1.54) is 0 Å². The van der Waals surface area contributed by atoms with Gasteiger partial charge in [-0.2, -0.15) is 15.1 Å². The Morgan fingerprint density at radius 1 is 1.41 bits per heavy atom. The minimum atomic E-state index is 0.169. The Morgan fingerprint density at radius 3 is 3.18 bits per heavy atom. The molecule has 0 aromatic carbocycles. The molecule has 0 spiro atoms. The van der Waals surface area contributed by atoms with Gasteiger partial charge in [-0.05, 0) is 11.4 Å². The van der Waals surface area contributed by atoms with E-state index in [1.807, 2.05) is 17.5 Å². The zero-order valence-corrected chi connectivity index (χ0v) is 9.57. The summed E-state index contributed by atoms with van der Waals surface area (Å²) in [5.74, 6) is 0.623. The molecule has 0 amide bonds. The highest BCUT2D eigenvalue weighted by Crippen LogP contribution is 2.22. The molecule has 3 heterocycles. The molecule has 0 atom stereocenters. The number of fused-ring (bicyclic) bond motifs is 1. The molecule has 0 radical (unpaired) electrons. The molecule has 0 bridgehead atoms. The summed E-state index contributed by atoms with van der Waals surface area (Å²) in [6.45, 7) is 0.467. The molecule has 3 aromatic heterocycles. The van der Waals surface area contributed by atoms with Crippen LogP contribution in [0.25, 0.3) is 11.0 Å². The lowest BCUT2D eigenvalue weighted by molar-refractivity contribution is 0.301. The monoisotopic (exact) mass is 247 g/mol. The first-order valence-corrected chi connectivity index (χ1v) is 5.82. The fourth-order valence-corrected chi connectivity index (χ4v) is 2.09. The lowest BCUT2D eigenvalue weighted by Crippen LogP contribution is -2.01. The summed E-state index contributed by atoms with van der Waals surface area (Å²) in [7, 11) is 0. The predicted molar refractivity (Wildman–Crippen MR) is 64.7 cm³/mol. The van der Waals surface area contributed by atoms with Crippen molar-refractivity contribution in [3.63, 3.8) is 0 Å². The summed E-state index contributed by atoms with van der Waals surface area (Å²) in [5.41, 5.74) is 6.17. The van der Waals surface area contributed by atoms with Crippen LogP contribution in [0.15, 0.2) is 23.7 Å². The number of rotatable bonds is 3. The van der Waals surface area contributed by atoms with Crippen LogP contribution < -0.4 is 10.5 Å². The largest absolute Gasteiger partial charge is 0.471 e. The van der Waals surface area contributed by atoms with Crippen molar-refractivity contribution in [1.29, 1.82) is 0 Å². The van der Waals surface area contributed by atoms with E-state index >= 15 is 0 Å². The van der Waals surface area contributed by atoms with Crippen molar-refractivity contribution < 1.29 is 4.74 Å². The minimum absolute atomic E-state index is 0.169. The van der Waals surface area contributed by atoms with Gasteiger partial charge in [0.2, 0.25) is 11.8 Å². The zero-order valence-electron chi connectivity index (χ0n) is 8.75. The number of H-pyrrole nitrogens is 1. The maximum absolute atomic E-state index is 5.62. The van der Waals surface area contributed by atoms with E-state index in [0.29, 0.717) is 18.1 Å². The van der Waals surface area contributed by atoms with Crippen LogP contribution in [0.4, 0.5) is 5.95 Å². The van der Waals surface area contributed by atoms with Crippen molar-refractivity contribution in [2.24, 2.45) is 0 Å². The lowest BCUT2D eigenvalue weighted by Gasteiger charge is -2.04. The third-order valence-corrected chi connectivity index (χ3v) is 3.07. The van der Waals surface area contributed by atoms with Crippen LogP contribution in [0, 0.1) is 0 Å². The van der Waals surface area contributed by atoms with Crippen LogP contribution in [0.5, 0.6) is 5.88 Å². The number of thiophene rings is 1. The van der Waals surface area contributed by atoms with E-state index in [4.69, 9.17) is 10.5 Å². The van der Waals surface area contributed by atoms with Gasteiger partial charge in [0.05, 0.1) is 6.20 Å². The minimum Gasteiger partial charge on any atom is -0.471 e. The van der Waals surface area contributed by atoms with Crippen molar-refractivity contribution >= 4 is 28.3 Å². The predicted octanol–water partition coefficient (Wildman–Crippen LogP) is 1.58. The lowest BCUT2D eigenvalue weighted by atomic mass is 10.4. The van der Waals surface area contributed by atoms with Gasteiger partial charge in [-0.1, -0.05) is 6.07 Å². The number of anilines is 1. The van der Waals surface area contributed by atoms with Gasteiger partial charge in [0.25, 0.3) is 0 Å². The molecular weight excluding hydrogens is 238 g/mol. The smallest absolute Gasteiger partial charge is 0.229 e. The molecule has 3 aromatic rings. The van der Waals surface area contributed by atoms with Crippen LogP contribution >= 0.6 is 11.3 Å². The quantitative estimate of drug-likeness (QED) is 0.733. The number of nitrogens with two attached hydrogens (primary N) is 1. The molecule has 7 heteroatoms. The topological polar surface area (TPSA) is 89.7 Å². The van der Waals surface area contributed by atoms with Gasteiger partial charge in [-0.3, -0.25) is 5.10 Å². The van der Waals surface area contributed by atoms with Crippen molar-refractivity contribution in [3.8, 4) is 5.88 Å². The van der Waals surface area contributed by atoms with E-state index in [0.717, 1.165) is 10.3 Å². The number of nitrogens with zero attached hydrogens (tertiary/aromatic N) is 3. The van der Waals surface area contributed by atoms with E-state index in [2.05, 4.69) is 20.2 Å². The van der Waals surface area contributed by atoms with Crippen LogP contribution in [0.2, 0.25) is 0 Å². The van der Waals surface area contributed by atoms with E-state index in [-0.39, 0.29) is 5.95 Å². The molecule has 0 aliphatic heterocycles. The van der Waals surface area contributed by atoms with E-state index in [1.54, 1.807) is 17.5 Å². The molecule has 0 unspecified atom stereocenters. The summed E-state index contributed by atoms with van der Waals surface area (Å²) in [6, 6.07) is 3.98. The van der Waals surface area contributed by atoms with Crippen molar-refractivity contribution in [1.82, 2.24) is 20.2 Å². The fourth-order valence-electron chi connectivity index (χ4n) is 1.47. The first kappa shape index (κ1) is 10.0. The average molecular weight is 247 g/mol. The van der Waals surface area contributed by atoms with Gasteiger partial charge in [0.15, 0.2) is 5.65 Å². The van der Waals surface area contributed by atoms with Crippen LogP contribution in [0.1, 0.15) is 4.88 Å².